The van der Waals surface area contributed by atoms with E-state index in [2.05, 4.69) is 46.9 Å². The first kappa shape index (κ1) is 64.2. The van der Waals surface area contributed by atoms with Crippen molar-refractivity contribution in [2.45, 2.75) is 58.2 Å². The number of nitrogens with two attached hydrogens (primary N) is 2. The van der Waals surface area contributed by atoms with Gasteiger partial charge >= 0.3 is 12.1 Å². The van der Waals surface area contributed by atoms with Gasteiger partial charge in [-0.1, -0.05) is 26.0 Å². The van der Waals surface area contributed by atoms with Crippen molar-refractivity contribution in [3.63, 3.8) is 0 Å². The number of nitrogen functional groups attached to an aromatic ring is 1. The summed E-state index contributed by atoms with van der Waals surface area (Å²) in [6.07, 6.45) is 7.18. The maximum Gasteiger partial charge on any atom is 0.407 e. The fourth-order valence-corrected chi connectivity index (χ4v) is 8.16. The van der Waals surface area contributed by atoms with Crippen LogP contribution in [0, 0.1) is 5.92 Å². The van der Waals surface area contributed by atoms with Crippen LogP contribution >= 0.6 is 0 Å². The number of aromatic nitrogens is 3. The lowest BCUT2D eigenvalue weighted by atomic mass is 10.0. The summed E-state index contributed by atoms with van der Waals surface area (Å²) in [4.78, 5) is 117. The van der Waals surface area contributed by atoms with E-state index in [0.29, 0.717) is 79.1 Å². The number of urea groups is 1. The van der Waals surface area contributed by atoms with Gasteiger partial charge in [0.25, 0.3) is 17.7 Å². The van der Waals surface area contributed by atoms with Gasteiger partial charge in [0, 0.05) is 56.2 Å². The van der Waals surface area contributed by atoms with Crippen molar-refractivity contribution in [3.05, 3.63) is 90.5 Å². The molecule has 28 heteroatoms. The highest BCUT2D eigenvalue weighted by molar-refractivity contribution is 6.13. The van der Waals surface area contributed by atoms with Crippen LogP contribution in [0.3, 0.4) is 0 Å². The van der Waals surface area contributed by atoms with Gasteiger partial charge in [-0.15, -0.1) is 0 Å². The normalized spacial score (nSPS) is 13.6. The molecule has 0 saturated heterocycles. The summed E-state index contributed by atoms with van der Waals surface area (Å²) in [5, 5.41) is 16.3. The molecule has 4 aromatic rings. The van der Waals surface area contributed by atoms with Crippen molar-refractivity contribution in [1.29, 1.82) is 0 Å². The fourth-order valence-electron chi connectivity index (χ4n) is 8.16. The minimum absolute atomic E-state index is 0.0416. The molecule has 4 heterocycles. The van der Waals surface area contributed by atoms with Crippen LogP contribution < -0.4 is 57.7 Å². The molecule has 6 rings (SSSR count). The average molecular weight is 1170 g/mol. The van der Waals surface area contributed by atoms with Crippen molar-refractivity contribution in [1.82, 2.24) is 41.1 Å². The van der Waals surface area contributed by atoms with Crippen LogP contribution in [0.2, 0.25) is 0 Å². The summed E-state index contributed by atoms with van der Waals surface area (Å²) in [6.45, 7) is 6.90. The number of nitrogens with one attached hydrogen (secondary N) is 6. The number of benzene rings is 2. The second kappa shape index (κ2) is 33.8. The number of anilines is 4. The molecule has 2 aromatic carbocycles. The summed E-state index contributed by atoms with van der Waals surface area (Å²) in [5.41, 5.74) is 14.3. The zero-order valence-electron chi connectivity index (χ0n) is 47.2. The molecule has 10 N–H and O–H groups in total. The number of fused-ring (bicyclic) bond motifs is 5. The Kier molecular flexibility index (Phi) is 25.8. The quantitative estimate of drug-likeness (QED) is 0.0257. The highest BCUT2D eigenvalue weighted by Gasteiger charge is 2.29. The van der Waals surface area contributed by atoms with Crippen molar-refractivity contribution >= 4 is 70.4 Å². The van der Waals surface area contributed by atoms with Gasteiger partial charge in [-0.3, -0.25) is 38.7 Å². The van der Waals surface area contributed by atoms with Crippen LogP contribution in [0.5, 0.6) is 11.5 Å². The summed E-state index contributed by atoms with van der Waals surface area (Å²) in [6, 6.07) is 10.7. The van der Waals surface area contributed by atoms with Crippen molar-refractivity contribution < 1.29 is 71.5 Å². The Balaban J connectivity index is 0.878. The lowest BCUT2D eigenvalue weighted by molar-refractivity contribution is -0.137. The molecular formula is C56H73N13O15. The second-order valence-corrected chi connectivity index (χ2v) is 19.3. The van der Waals surface area contributed by atoms with Crippen LogP contribution in [0.15, 0.2) is 79.3 Å². The summed E-state index contributed by atoms with van der Waals surface area (Å²) in [7, 11) is 1.87. The van der Waals surface area contributed by atoms with Gasteiger partial charge in [0.05, 0.1) is 102 Å². The van der Waals surface area contributed by atoms with E-state index in [1.54, 1.807) is 74.8 Å². The molecule has 2 aliphatic heterocycles. The molecule has 84 heavy (non-hydrogen) atoms. The number of hydrogen-bond acceptors (Lipinski definition) is 20. The predicted octanol–water partition coefficient (Wildman–Crippen LogP) is 2.29. The van der Waals surface area contributed by atoms with E-state index >= 15 is 0 Å². The van der Waals surface area contributed by atoms with Crippen molar-refractivity contribution in [2.24, 2.45) is 11.7 Å². The highest BCUT2D eigenvalue weighted by Crippen LogP contribution is 2.34. The maximum atomic E-state index is 13.6. The van der Waals surface area contributed by atoms with Crippen LogP contribution in [0.1, 0.15) is 55.6 Å². The molecule has 0 spiro atoms. The first-order valence-electron chi connectivity index (χ1n) is 27.3. The maximum absolute atomic E-state index is 13.6. The summed E-state index contributed by atoms with van der Waals surface area (Å²) < 4.78 is 39.5. The topological polar surface area (TPSA) is 371 Å². The van der Waals surface area contributed by atoms with E-state index in [4.69, 9.17) is 44.6 Å². The van der Waals surface area contributed by atoms with E-state index in [1.165, 1.54) is 18.3 Å². The predicted molar refractivity (Wildman–Crippen MR) is 305 cm³/mol. The number of alkyl carbamates (subject to hydrolysis) is 1. The Morgan fingerprint density at radius 2 is 1.49 bits per heavy atom. The molecule has 2 unspecified atom stereocenters. The summed E-state index contributed by atoms with van der Waals surface area (Å²) in [5.74, 6) is -2.30. The minimum Gasteiger partial charge on any atom is -0.494 e. The molecule has 2 atom stereocenters. The van der Waals surface area contributed by atoms with E-state index in [-0.39, 0.29) is 114 Å². The highest BCUT2D eigenvalue weighted by atomic mass is 16.6. The Morgan fingerprint density at radius 1 is 0.798 bits per heavy atom. The number of carbonyl (C=O) groups excluding carboxylic acids is 8. The van der Waals surface area contributed by atoms with Gasteiger partial charge < -0.3 is 81.4 Å². The van der Waals surface area contributed by atoms with Crippen molar-refractivity contribution in [3.8, 4) is 22.8 Å². The molecule has 2 aromatic heterocycles. The van der Waals surface area contributed by atoms with E-state index in [1.807, 2.05) is 11.9 Å². The van der Waals surface area contributed by atoms with E-state index in [9.17, 15) is 38.4 Å². The average Bonchev–Trinajstić information content (AvgIpc) is 3.48. The molecule has 0 aliphatic carbocycles. The number of pyridine rings is 1. The third-order valence-electron chi connectivity index (χ3n) is 12.7. The SMILES string of the molecule is CC(C)C(NC(=O)CCOCCOCCOCCOCCN1C(=O)C=CC1=O)C(=O)NC(CCCNC(N)=O)C(=O)Nc1ccc(COC(=O)NCCCOc2ccc3c(c2)-c2cnc(N)c(n2)C(=O)Nc2cnccc2N(C)CCO3)cc1. The lowest BCUT2D eigenvalue weighted by Gasteiger charge is -2.25. The standard InChI is InChI=1S/C56H73N13O15/c1-36(2)49(67-46(70)16-23-78-26-28-80-30-31-81-29-27-79-24-21-69-47(71)13-14-48(69)72)53(74)65-41(6-4-17-60-55(58)76)52(73)63-38-9-7-37(8-10-38)35-84-56(77)61-18-5-22-82-39-11-12-45-40(32-39)42-34-62-51(57)50(64-42)54(75)66-43-33-59-19-15-44(43)68(3)20-25-83-45/h7-15,19,32-34,36,41,49H,4-6,16-18,20-31,35H2,1-3H3,(H2,57,62)(H,61,77)(H,63,73)(H,65,74)(H,66,75)(H,67,70)(H3,58,60,76). The molecule has 2 aliphatic rings. The Labute approximate surface area is 485 Å². The molecule has 452 valence electrons. The first-order chi connectivity index (χ1) is 40.6. The van der Waals surface area contributed by atoms with Gasteiger partial charge in [-0.25, -0.2) is 19.6 Å². The van der Waals surface area contributed by atoms with Crippen LogP contribution in [0.25, 0.3) is 11.3 Å². The number of amides is 9. The van der Waals surface area contributed by atoms with Crippen LogP contribution in [-0.2, 0) is 54.3 Å². The van der Waals surface area contributed by atoms with E-state index < -0.39 is 47.8 Å². The zero-order valence-corrected chi connectivity index (χ0v) is 47.2. The Bertz CT molecular complexity index is 2890. The number of primary amides is 1. The van der Waals surface area contributed by atoms with Gasteiger partial charge in [-0.05, 0) is 67.1 Å². The zero-order chi connectivity index (χ0) is 60.2. The molecule has 2 bridgehead atoms. The third-order valence-corrected chi connectivity index (χ3v) is 12.7. The monoisotopic (exact) mass is 1170 g/mol. The molecule has 0 saturated carbocycles. The number of rotatable bonds is 32. The molecule has 0 radical (unpaired) electrons. The molecule has 28 nitrogen and oxygen atoms in total. The van der Waals surface area contributed by atoms with E-state index in [0.717, 1.165) is 10.6 Å². The molecule has 9 amide bonds. The lowest BCUT2D eigenvalue weighted by Crippen LogP contribution is -2.54. The molecule has 0 fully saturated rings. The fraction of sp³-hybridized carbons (Fsp3) is 0.446. The summed E-state index contributed by atoms with van der Waals surface area (Å²) >= 11 is 0. The number of nitrogens with zero attached hydrogens (tertiary/aromatic N) is 5. The Morgan fingerprint density at radius 3 is 2.19 bits per heavy atom. The Hall–Kier alpha value is -8.99. The minimum atomic E-state index is -1.07. The number of ether oxygens (including phenoxy) is 7. The number of likely N-dealkylation sites (N-methyl/N-ethyl adjacent to an activating group) is 1. The third kappa shape index (κ3) is 21.1. The van der Waals surface area contributed by atoms with Gasteiger partial charge in [-0.2, -0.15) is 0 Å². The number of imide groups is 1. The van der Waals surface area contributed by atoms with Gasteiger partial charge in [0.2, 0.25) is 17.7 Å². The number of carbonyl (C=O) groups is 8. The van der Waals surface area contributed by atoms with Crippen LogP contribution in [-0.4, -0.2) is 179 Å². The number of hydrogen-bond donors (Lipinski definition) is 8. The smallest absolute Gasteiger partial charge is 0.407 e. The molecular weight excluding hydrogens is 1090 g/mol. The first-order valence-corrected chi connectivity index (χ1v) is 27.3. The van der Waals surface area contributed by atoms with Crippen LogP contribution in [0.4, 0.5) is 32.5 Å². The van der Waals surface area contributed by atoms with Crippen molar-refractivity contribution in [2.75, 3.05) is 121 Å². The second-order valence-electron chi connectivity index (χ2n) is 19.3. The largest absolute Gasteiger partial charge is 0.494 e. The van der Waals surface area contributed by atoms with Gasteiger partial charge in [0.1, 0.15) is 36.8 Å². The van der Waals surface area contributed by atoms with Gasteiger partial charge in [0.15, 0.2) is 11.5 Å².